The third-order valence-corrected chi connectivity index (χ3v) is 8.93. The molecule has 16 nitrogen and oxygen atoms in total. The average Bonchev–Trinajstić information content (AvgIpc) is 3.29. The van der Waals surface area contributed by atoms with Gasteiger partial charge in [-0.15, -0.1) is 0 Å². The molecule has 0 fully saturated rings. The van der Waals surface area contributed by atoms with E-state index < -0.39 is 52.5 Å². The molecule has 0 spiro atoms. The van der Waals surface area contributed by atoms with E-state index in [0.717, 1.165) is 34.6 Å². The van der Waals surface area contributed by atoms with Crippen LogP contribution in [0.25, 0.3) is 5.83 Å². The zero-order chi connectivity index (χ0) is 51.6. The van der Waals surface area contributed by atoms with Crippen LogP contribution in [-0.2, 0) is 53.9 Å². The van der Waals surface area contributed by atoms with Crippen LogP contribution in [-0.4, -0.2) is 101 Å². The Balaban J connectivity index is -0.000000142. The second-order valence-corrected chi connectivity index (χ2v) is 15.5. The molecule has 31 heteroatoms. The number of hydrogen-bond acceptors (Lipinski definition) is 16. The Morgan fingerprint density at radius 2 is 0.945 bits per heavy atom. The fourth-order valence-electron chi connectivity index (χ4n) is 3.35. The van der Waals surface area contributed by atoms with Gasteiger partial charge in [-0.25, -0.2) is 19.0 Å². The van der Waals surface area contributed by atoms with Crippen LogP contribution in [0.15, 0.2) is 70.7 Å². The summed E-state index contributed by atoms with van der Waals surface area (Å²) in [6, 6.07) is 0. The number of aryl methyl sites for hydroxylation is 5. The molecule has 0 amide bonds. The summed E-state index contributed by atoms with van der Waals surface area (Å²) >= 11 is 8.45. The summed E-state index contributed by atoms with van der Waals surface area (Å²) in [6.07, 6.45) is 13.0. The predicted octanol–water partition coefficient (Wildman–Crippen LogP) is 8.93. The van der Waals surface area contributed by atoms with E-state index in [-0.39, 0.29) is 131 Å². The zero-order valence-corrected chi connectivity index (χ0v) is 49.4. The van der Waals surface area contributed by atoms with E-state index in [1.165, 1.54) is 48.9 Å². The summed E-state index contributed by atoms with van der Waals surface area (Å²) in [7, 11) is 0. The Labute approximate surface area is 515 Å². The van der Waals surface area contributed by atoms with E-state index in [1.807, 2.05) is 52.4 Å². The molecule has 5 rings (SSSR count). The summed E-state index contributed by atoms with van der Waals surface area (Å²) in [5.41, 5.74) is 2.24. The first-order valence-electron chi connectivity index (χ1n) is 18.4. The normalized spacial score (nSPS) is 10.3. The Kier molecular flexibility index (Phi) is 50.0. The van der Waals surface area contributed by atoms with Gasteiger partial charge in [0.2, 0.25) is 0 Å². The number of carbonyl (C=O) groups excluding carboxylic acids is 2. The van der Waals surface area contributed by atoms with E-state index >= 15 is 0 Å². The molecule has 411 valence electrons. The number of rotatable bonds is 10. The molecule has 5 aromatic heterocycles. The SMILES string of the molecule is C.C.C.CCOC(=O)C(F)(F)Br.CCOC(=O)C(F)(F)c1cnc(C)cn1.Cc1cnc(/C(F)=C/I)cn1.Cc1cnc(Br)cn1.Cc1cnc(C(F)(F)CI)cn1.Cc1cnc(C(F)(F)CO)cn1.[Cu].[K+].[OH-]. The van der Waals surface area contributed by atoms with Crippen LogP contribution in [0.5, 0.6) is 0 Å². The number of esters is 2. The van der Waals surface area contributed by atoms with Gasteiger partial charge in [0.15, 0.2) is 5.83 Å². The third kappa shape index (κ3) is 35.1. The summed E-state index contributed by atoms with van der Waals surface area (Å²) in [4.78, 5) is 54.6. The molecule has 2 N–H and O–H groups in total. The maximum atomic E-state index is 13.3. The third-order valence-electron chi connectivity index (χ3n) is 6.69. The standard InChI is InChI=1S/C9H10F2N2O2.C7H7F2IN2.C7H8F2N2O.C7H6FIN2.C5H5BrN2.C4H5BrF2O2.3CH4.Cu.K.H2O/c1-3-15-8(14)9(10,11)7-5-12-6(2)4-13-7;1-5-2-12-6(3-11-5)7(8,9)4-10;1-5-2-11-6(3-10-5)7(8,9)4-12;1-5-3-11-7(4-10-5)6(8)2-9;1-4-2-8-5(6)3-7-4;1-2-9-3(8)4(5,6)7;;;;;;/h4-5H,3H2,1-2H3;2-3H,4H2,1H3;2-3,12H,4H2,1H3;2-4H,1H3;2-3H,1H3;2H2,1H3;3*1H4;;;1H2/q;;;;;;;;;;+1;/p-1/b;;;6-2-;;;;;;;;. The van der Waals surface area contributed by atoms with Crippen molar-refractivity contribution in [2.24, 2.45) is 0 Å². The van der Waals surface area contributed by atoms with Crippen molar-refractivity contribution >= 4 is 94.8 Å². The minimum Gasteiger partial charge on any atom is -0.870 e. The Hall–Kier alpha value is -2.05. The summed E-state index contributed by atoms with van der Waals surface area (Å²) in [5.74, 6) is -13.4. The monoisotopic (exact) mass is 1480 g/mol. The fraction of sp³-hybridized carbons (Fsp3) is 0.429. The number of ether oxygens (including phenoxy) is 2. The molecule has 0 aromatic carbocycles. The van der Waals surface area contributed by atoms with Crippen LogP contribution in [0.2, 0.25) is 0 Å². The maximum Gasteiger partial charge on any atom is 1.00 e. The van der Waals surface area contributed by atoms with E-state index in [2.05, 4.69) is 75.2 Å². The largest absolute Gasteiger partial charge is 1.00 e. The molecule has 5 heterocycles. The molecular weight excluding hydrogens is 1430 g/mol. The van der Waals surface area contributed by atoms with Crippen molar-refractivity contribution in [3.8, 4) is 0 Å². The van der Waals surface area contributed by atoms with Gasteiger partial charge in [0.1, 0.15) is 34.0 Å². The number of carbonyl (C=O) groups is 2. The van der Waals surface area contributed by atoms with Gasteiger partial charge in [0.25, 0.3) is 5.92 Å². The first-order valence-corrected chi connectivity index (χ1v) is 22.7. The molecule has 0 saturated carbocycles. The zero-order valence-electron chi connectivity index (χ0n) is 37.9. The van der Waals surface area contributed by atoms with E-state index in [0.29, 0.717) is 17.1 Å². The van der Waals surface area contributed by atoms with Gasteiger partial charge < -0.3 is 20.1 Å². The second kappa shape index (κ2) is 43.0. The first kappa shape index (κ1) is 84.9. The fourth-order valence-corrected chi connectivity index (χ4v) is 4.38. The summed E-state index contributed by atoms with van der Waals surface area (Å²) in [6.45, 7) is 10.2. The van der Waals surface area contributed by atoms with Crippen molar-refractivity contribution < 1.29 is 138 Å². The molecule has 0 unspecified atom stereocenters. The molecule has 73 heavy (non-hydrogen) atoms. The van der Waals surface area contributed by atoms with Gasteiger partial charge in [0, 0.05) is 68.1 Å². The quantitative estimate of drug-likeness (QED) is 0.0452. The van der Waals surface area contributed by atoms with Crippen LogP contribution in [0, 0.1) is 34.6 Å². The van der Waals surface area contributed by atoms with Crippen molar-refractivity contribution in [3.63, 3.8) is 0 Å². The van der Waals surface area contributed by atoms with Crippen molar-refractivity contribution in [2.45, 2.75) is 93.3 Å². The van der Waals surface area contributed by atoms with Gasteiger partial charge in [-0.3, -0.25) is 44.9 Å². The maximum absolute atomic E-state index is 13.3. The number of aliphatic hydroxyl groups excluding tert-OH is 1. The Morgan fingerprint density at radius 1 is 0.603 bits per heavy atom. The van der Waals surface area contributed by atoms with Gasteiger partial charge in [-0.1, -0.05) is 44.9 Å². The number of nitrogens with zero attached hydrogens (tertiary/aromatic N) is 10. The molecule has 0 saturated heterocycles. The number of halogens is 13. The van der Waals surface area contributed by atoms with Crippen LogP contribution in [0.4, 0.5) is 39.5 Å². The van der Waals surface area contributed by atoms with Gasteiger partial charge in [-0.05, 0) is 87.0 Å². The van der Waals surface area contributed by atoms with Crippen molar-refractivity contribution in [3.05, 3.63) is 122 Å². The van der Waals surface area contributed by atoms with Crippen LogP contribution in [0.1, 0.15) is 87.4 Å². The van der Waals surface area contributed by atoms with Gasteiger partial charge in [-0.2, -0.15) is 35.1 Å². The minimum atomic E-state index is -3.74. The van der Waals surface area contributed by atoms with Crippen molar-refractivity contribution in [1.82, 2.24) is 49.8 Å². The average molecular weight is 1480 g/mol. The van der Waals surface area contributed by atoms with Crippen molar-refractivity contribution in [2.75, 3.05) is 24.2 Å². The molecule has 1 radical (unpaired) electrons. The number of alkyl halides is 10. The van der Waals surface area contributed by atoms with Gasteiger partial charge in [0.05, 0.1) is 77.1 Å². The molecular formula is C42H54Br2CuF9I2KN10O6. The van der Waals surface area contributed by atoms with Crippen LogP contribution < -0.4 is 51.4 Å². The molecule has 0 bridgehead atoms. The van der Waals surface area contributed by atoms with Crippen LogP contribution in [0.3, 0.4) is 0 Å². The minimum absolute atomic E-state index is 0. The Morgan fingerprint density at radius 3 is 1.21 bits per heavy atom. The van der Waals surface area contributed by atoms with Gasteiger partial charge >= 0.3 is 80.0 Å². The Bertz CT molecular complexity index is 2180. The van der Waals surface area contributed by atoms with Crippen molar-refractivity contribution in [1.29, 1.82) is 0 Å². The number of aromatic nitrogens is 10. The van der Waals surface area contributed by atoms with E-state index in [1.54, 1.807) is 55.8 Å². The smallest absolute Gasteiger partial charge is 0.870 e. The topological polar surface area (TPSA) is 232 Å². The van der Waals surface area contributed by atoms with E-state index in [4.69, 9.17) is 5.11 Å². The summed E-state index contributed by atoms with van der Waals surface area (Å²) < 4.78 is 124. The van der Waals surface area contributed by atoms with E-state index in [9.17, 15) is 49.1 Å². The molecule has 0 atom stereocenters. The molecule has 0 aliphatic carbocycles. The number of aliphatic hydroxyl groups is 1. The molecule has 5 aromatic rings. The molecule has 0 aliphatic heterocycles. The van der Waals surface area contributed by atoms with Crippen LogP contribution >= 0.6 is 77.0 Å². The first-order chi connectivity index (χ1) is 31.1. The second-order valence-electron chi connectivity index (χ2n) is 12.3. The predicted molar refractivity (Wildman–Crippen MR) is 272 cm³/mol. The molecule has 0 aliphatic rings. The summed E-state index contributed by atoms with van der Waals surface area (Å²) in [5, 5.41) is 8.30. The number of hydrogen-bond donors (Lipinski definition) is 1.